The van der Waals surface area contributed by atoms with Gasteiger partial charge in [-0.2, -0.15) is 0 Å². The lowest BCUT2D eigenvalue weighted by molar-refractivity contribution is -0.129. The minimum Gasteiger partial charge on any atom is -0.370 e. The lowest BCUT2D eigenvalue weighted by Gasteiger charge is -2.13. The van der Waals surface area contributed by atoms with Gasteiger partial charge in [0.25, 0.3) is 0 Å². The van der Waals surface area contributed by atoms with Gasteiger partial charge in [0.2, 0.25) is 17.7 Å². The van der Waals surface area contributed by atoms with Gasteiger partial charge in [-0.1, -0.05) is 0 Å². The van der Waals surface area contributed by atoms with E-state index < -0.39 is 17.9 Å². The van der Waals surface area contributed by atoms with Gasteiger partial charge in [-0.25, -0.2) is 0 Å². The zero-order valence-electron chi connectivity index (χ0n) is 10.4. The molecule has 0 saturated heterocycles. The molecular formula is C11H19N3O4. The molecule has 1 unspecified atom stereocenters. The normalized spacial score (nSPS) is 11.6. The van der Waals surface area contributed by atoms with Crippen LogP contribution < -0.4 is 16.8 Å². The van der Waals surface area contributed by atoms with Crippen molar-refractivity contribution in [2.75, 3.05) is 0 Å². The molecule has 0 bridgehead atoms. The molecule has 102 valence electrons. The van der Waals surface area contributed by atoms with Gasteiger partial charge in [-0.15, -0.1) is 0 Å². The average molecular weight is 257 g/mol. The Hall–Kier alpha value is -1.92. The highest BCUT2D eigenvalue weighted by molar-refractivity contribution is 5.90. The first-order chi connectivity index (χ1) is 8.32. The van der Waals surface area contributed by atoms with E-state index in [2.05, 4.69) is 5.32 Å². The van der Waals surface area contributed by atoms with Gasteiger partial charge in [0.15, 0.2) is 0 Å². The van der Waals surface area contributed by atoms with E-state index in [4.69, 9.17) is 11.5 Å². The first-order valence-electron chi connectivity index (χ1n) is 5.69. The Morgan fingerprint density at radius 1 is 1.06 bits per heavy atom. The molecule has 0 aliphatic rings. The third-order valence-electron chi connectivity index (χ3n) is 2.27. The molecule has 7 nitrogen and oxygen atoms in total. The quantitative estimate of drug-likeness (QED) is 0.456. The summed E-state index contributed by atoms with van der Waals surface area (Å²) in [5, 5.41) is 2.34. The van der Waals surface area contributed by atoms with E-state index in [1.807, 2.05) is 0 Å². The molecule has 0 heterocycles. The molecule has 18 heavy (non-hydrogen) atoms. The number of nitrogens with two attached hydrogens (primary N) is 2. The van der Waals surface area contributed by atoms with Crippen LogP contribution in [0.2, 0.25) is 0 Å². The van der Waals surface area contributed by atoms with Crippen LogP contribution in [0.4, 0.5) is 0 Å². The number of nitrogens with one attached hydrogen (secondary N) is 1. The second-order valence-electron chi connectivity index (χ2n) is 4.10. The molecule has 5 N–H and O–H groups in total. The topological polar surface area (TPSA) is 132 Å². The molecule has 0 aliphatic carbocycles. The number of carbonyl (C=O) groups is 4. The maximum atomic E-state index is 11.4. The molecule has 0 aromatic carbocycles. The summed E-state index contributed by atoms with van der Waals surface area (Å²) in [6.07, 6.45) is 1.44. The van der Waals surface area contributed by atoms with Crippen LogP contribution in [-0.2, 0) is 19.2 Å². The summed E-state index contributed by atoms with van der Waals surface area (Å²) in [4.78, 5) is 43.7. The molecule has 0 aromatic rings. The summed E-state index contributed by atoms with van der Waals surface area (Å²) in [6, 6.07) is -1.07. The van der Waals surface area contributed by atoms with Crippen LogP contribution in [0.3, 0.4) is 0 Å². The first kappa shape index (κ1) is 16.1. The molecule has 0 aromatic heterocycles. The van der Waals surface area contributed by atoms with Crippen molar-refractivity contribution >= 4 is 23.5 Å². The van der Waals surface area contributed by atoms with Crippen molar-refractivity contribution in [2.45, 2.75) is 45.1 Å². The minimum atomic E-state index is -1.07. The van der Waals surface area contributed by atoms with Gasteiger partial charge < -0.3 is 21.6 Å². The van der Waals surface area contributed by atoms with Crippen molar-refractivity contribution in [3.63, 3.8) is 0 Å². The maximum absolute atomic E-state index is 11.4. The summed E-state index contributed by atoms with van der Waals surface area (Å²) < 4.78 is 0. The van der Waals surface area contributed by atoms with Crippen LogP contribution in [0.1, 0.15) is 39.0 Å². The van der Waals surface area contributed by atoms with E-state index in [-0.39, 0.29) is 24.5 Å². The molecule has 0 radical (unpaired) electrons. The highest BCUT2D eigenvalue weighted by atomic mass is 16.2. The third-order valence-corrected chi connectivity index (χ3v) is 2.27. The van der Waals surface area contributed by atoms with Crippen LogP contribution in [-0.4, -0.2) is 29.5 Å². The number of carbonyl (C=O) groups excluding carboxylic acids is 4. The van der Waals surface area contributed by atoms with E-state index in [0.717, 1.165) is 0 Å². The lowest BCUT2D eigenvalue weighted by atomic mass is 10.1. The molecule has 0 saturated carbocycles. The maximum Gasteiger partial charge on any atom is 0.240 e. The molecule has 0 fully saturated rings. The fourth-order valence-electron chi connectivity index (χ4n) is 1.35. The second-order valence-corrected chi connectivity index (χ2v) is 4.10. The van der Waals surface area contributed by atoms with Crippen LogP contribution in [0.25, 0.3) is 0 Å². The number of rotatable bonds is 9. The Balaban J connectivity index is 3.99. The van der Waals surface area contributed by atoms with Crippen LogP contribution in [0, 0.1) is 0 Å². The molecule has 1 atom stereocenters. The molecular weight excluding hydrogens is 238 g/mol. The predicted molar refractivity (Wildman–Crippen MR) is 64.1 cm³/mol. The van der Waals surface area contributed by atoms with Crippen molar-refractivity contribution in [1.29, 1.82) is 0 Å². The standard InChI is InChI=1S/C11H19N3O4/c1-7(15)4-2-3-5-10(17)14-8(11(13)18)6-9(12)16/h8H,2-6H2,1H3,(H2,12,16)(H2,13,18)(H,14,17). The monoisotopic (exact) mass is 257 g/mol. The Bertz CT molecular complexity index is 341. The van der Waals surface area contributed by atoms with E-state index in [1.165, 1.54) is 6.92 Å². The summed E-state index contributed by atoms with van der Waals surface area (Å²) in [5.41, 5.74) is 9.95. The minimum absolute atomic E-state index is 0.0687. The number of hydrogen-bond acceptors (Lipinski definition) is 4. The molecule has 3 amide bonds. The number of Topliss-reactive ketones (excluding diaryl/α,β-unsaturated/α-hetero) is 1. The summed E-state index contributed by atoms with van der Waals surface area (Å²) >= 11 is 0. The van der Waals surface area contributed by atoms with Crippen molar-refractivity contribution in [1.82, 2.24) is 5.32 Å². The first-order valence-corrected chi connectivity index (χ1v) is 5.69. The SMILES string of the molecule is CC(=O)CCCCC(=O)NC(CC(N)=O)C(N)=O. The molecule has 0 aliphatic heterocycles. The number of hydrogen-bond donors (Lipinski definition) is 3. The van der Waals surface area contributed by atoms with E-state index in [0.29, 0.717) is 19.3 Å². The summed E-state index contributed by atoms with van der Waals surface area (Å²) in [7, 11) is 0. The molecule has 0 rings (SSSR count). The Morgan fingerprint density at radius 3 is 2.06 bits per heavy atom. The van der Waals surface area contributed by atoms with Crippen molar-refractivity contribution in [2.24, 2.45) is 11.5 Å². The van der Waals surface area contributed by atoms with Crippen LogP contribution >= 0.6 is 0 Å². The van der Waals surface area contributed by atoms with Crippen LogP contribution in [0.15, 0.2) is 0 Å². The van der Waals surface area contributed by atoms with Crippen molar-refractivity contribution in [3.05, 3.63) is 0 Å². The van der Waals surface area contributed by atoms with Gasteiger partial charge >= 0.3 is 0 Å². The third kappa shape index (κ3) is 8.26. The fourth-order valence-corrected chi connectivity index (χ4v) is 1.35. The zero-order chi connectivity index (χ0) is 14.1. The fraction of sp³-hybridized carbons (Fsp3) is 0.636. The van der Waals surface area contributed by atoms with E-state index in [1.54, 1.807) is 0 Å². The summed E-state index contributed by atoms with van der Waals surface area (Å²) in [5.74, 6) is -1.83. The number of ketones is 1. The zero-order valence-corrected chi connectivity index (χ0v) is 10.4. The number of unbranched alkanes of at least 4 members (excludes halogenated alkanes) is 1. The molecule has 0 spiro atoms. The second kappa shape index (κ2) is 8.21. The number of primary amides is 2. The van der Waals surface area contributed by atoms with Gasteiger partial charge in [0.1, 0.15) is 11.8 Å². The van der Waals surface area contributed by atoms with E-state index >= 15 is 0 Å². The highest BCUT2D eigenvalue weighted by Gasteiger charge is 2.19. The Labute approximate surface area is 105 Å². The Kier molecular flexibility index (Phi) is 7.34. The highest BCUT2D eigenvalue weighted by Crippen LogP contribution is 2.01. The largest absolute Gasteiger partial charge is 0.370 e. The smallest absolute Gasteiger partial charge is 0.240 e. The predicted octanol–water partition coefficient (Wildman–Crippen LogP) is -1.02. The van der Waals surface area contributed by atoms with Gasteiger partial charge in [-0.3, -0.25) is 14.4 Å². The van der Waals surface area contributed by atoms with Crippen molar-refractivity contribution in [3.8, 4) is 0 Å². The van der Waals surface area contributed by atoms with Gasteiger partial charge in [0, 0.05) is 12.8 Å². The molecule has 7 heteroatoms. The van der Waals surface area contributed by atoms with Gasteiger partial charge in [0.05, 0.1) is 6.42 Å². The lowest BCUT2D eigenvalue weighted by Crippen LogP contribution is -2.46. The van der Waals surface area contributed by atoms with Crippen molar-refractivity contribution < 1.29 is 19.2 Å². The average Bonchev–Trinajstić information content (AvgIpc) is 2.22. The number of amides is 3. The van der Waals surface area contributed by atoms with E-state index in [9.17, 15) is 19.2 Å². The Morgan fingerprint density at radius 2 is 1.61 bits per heavy atom. The summed E-state index contributed by atoms with van der Waals surface area (Å²) in [6.45, 7) is 1.48. The van der Waals surface area contributed by atoms with Crippen LogP contribution in [0.5, 0.6) is 0 Å². The van der Waals surface area contributed by atoms with Gasteiger partial charge in [-0.05, 0) is 19.8 Å².